The molecule has 1 aliphatic heterocycles. The number of thioether (sulfide) groups is 1. The van der Waals surface area contributed by atoms with E-state index < -0.39 is 17.4 Å². The minimum atomic E-state index is -1.21. The van der Waals surface area contributed by atoms with Gasteiger partial charge in [-0.05, 0) is 60.7 Å². The normalized spacial score (nSPS) is 15.6. The van der Waals surface area contributed by atoms with Crippen molar-refractivity contribution in [3.8, 4) is 0 Å². The van der Waals surface area contributed by atoms with Crippen molar-refractivity contribution in [3.63, 3.8) is 0 Å². The molecular weight excluding hydrogens is 364 g/mol. The van der Waals surface area contributed by atoms with Crippen LogP contribution in [-0.2, 0) is 4.79 Å². The van der Waals surface area contributed by atoms with E-state index in [1.54, 1.807) is 60.3 Å². The Bertz CT molecular complexity index is 831. The van der Waals surface area contributed by atoms with Gasteiger partial charge < -0.3 is 15.7 Å². The van der Waals surface area contributed by atoms with Crippen LogP contribution in [0.4, 0.5) is 5.69 Å². The van der Waals surface area contributed by atoms with Gasteiger partial charge >= 0.3 is 5.97 Å². The number of hydrogen-bond acceptors (Lipinski definition) is 4. The fourth-order valence-corrected chi connectivity index (χ4v) is 4.09. The minimum absolute atomic E-state index is 0.239. The Morgan fingerprint density at radius 1 is 0.852 bits per heavy atom. The number of anilines is 1. The van der Waals surface area contributed by atoms with Crippen LogP contribution in [0.25, 0.3) is 0 Å². The van der Waals surface area contributed by atoms with Gasteiger partial charge in [-0.3, -0.25) is 9.59 Å². The smallest absolute Gasteiger partial charge is 0.329 e. The van der Waals surface area contributed by atoms with Gasteiger partial charge in [0.15, 0.2) is 0 Å². The lowest BCUT2D eigenvalue weighted by atomic mass is 9.92. The SMILES string of the molecule is O=C(Nc1ccc(C(=O)NC2(C(=O)O)CCSCC2)cc1)c1ccccc1. The van der Waals surface area contributed by atoms with E-state index in [0.29, 0.717) is 41.2 Å². The highest BCUT2D eigenvalue weighted by molar-refractivity contribution is 7.99. The maximum atomic E-state index is 12.5. The molecule has 0 saturated carbocycles. The van der Waals surface area contributed by atoms with Crippen molar-refractivity contribution in [2.24, 2.45) is 0 Å². The Morgan fingerprint density at radius 2 is 1.44 bits per heavy atom. The maximum Gasteiger partial charge on any atom is 0.329 e. The van der Waals surface area contributed by atoms with Gasteiger partial charge in [0.25, 0.3) is 11.8 Å². The Balaban J connectivity index is 1.66. The lowest BCUT2D eigenvalue weighted by Crippen LogP contribution is -2.56. The highest BCUT2D eigenvalue weighted by atomic mass is 32.2. The molecule has 0 spiro atoms. The van der Waals surface area contributed by atoms with Crippen molar-refractivity contribution in [3.05, 3.63) is 65.7 Å². The second-order valence-corrected chi connectivity index (χ2v) is 7.58. The molecule has 2 aromatic carbocycles. The summed E-state index contributed by atoms with van der Waals surface area (Å²) in [4.78, 5) is 36.3. The van der Waals surface area contributed by atoms with E-state index in [1.807, 2.05) is 6.07 Å². The molecular formula is C20H20N2O4S. The van der Waals surface area contributed by atoms with Crippen LogP contribution in [0, 0.1) is 0 Å². The van der Waals surface area contributed by atoms with E-state index in [1.165, 1.54) is 0 Å². The molecule has 0 aromatic heterocycles. The third kappa shape index (κ3) is 4.49. The number of amides is 2. The average molecular weight is 384 g/mol. The number of benzene rings is 2. The Hall–Kier alpha value is -2.80. The lowest BCUT2D eigenvalue weighted by Gasteiger charge is -2.33. The van der Waals surface area contributed by atoms with Gasteiger partial charge in [0.1, 0.15) is 5.54 Å². The molecule has 1 saturated heterocycles. The molecule has 2 aromatic rings. The minimum Gasteiger partial charge on any atom is -0.480 e. The number of hydrogen-bond donors (Lipinski definition) is 3. The van der Waals surface area contributed by atoms with E-state index in [0.717, 1.165) is 0 Å². The number of carbonyl (C=O) groups is 3. The molecule has 0 unspecified atom stereocenters. The van der Waals surface area contributed by atoms with Gasteiger partial charge in [0.2, 0.25) is 0 Å². The van der Waals surface area contributed by atoms with E-state index in [2.05, 4.69) is 10.6 Å². The highest BCUT2D eigenvalue weighted by Crippen LogP contribution is 2.28. The van der Waals surface area contributed by atoms with E-state index in [9.17, 15) is 19.5 Å². The van der Waals surface area contributed by atoms with Crippen LogP contribution >= 0.6 is 11.8 Å². The summed E-state index contributed by atoms with van der Waals surface area (Å²) < 4.78 is 0. The molecule has 1 aliphatic rings. The van der Waals surface area contributed by atoms with Gasteiger partial charge in [-0.2, -0.15) is 11.8 Å². The van der Waals surface area contributed by atoms with Crippen molar-refractivity contribution in [2.45, 2.75) is 18.4 Å². The first-order chi connectivity index (χ1) is 13.0. The molecule has 0 radical (unpaired) electrons. The summed E-state index contributed by atoms with van der Waals surface area (Å²) in [6.45, 7) is 0. The fraction of sp³-hybridized carbons (Fsp3) is 0.250. The van der Waals surface area contributed by atoms with E-state index in [4.69, 9.17) is 0 Å². The highest BCUT2D eigenvalue weighted by Gasteiger charge is 2.41. The predicted octanol–water partition coefficient (Wildman–Crippen LogP) is 3.02. The third-order valence-corrected chi connectivity index (χ3v) is 5.54. The number of aliphatic carboxylic acids is 1. The Morgan fingerprint density at radius 3 is 2.04 bits per heavy atom. The maximum absolute atomic E-state index is 12.5. The van der Waals surface area contributed by atoms with Crippen molar-refractivity contribution in [1.82, 2.24) is 5.32 Å². The Kier molecular flexibility index (Phi) is 5.81. The monoisotopic (exact) mass is 384 g/mol. The van der Waals surface area contributed by atoms with E-state index >= 15 is 0 Å². The average Bonchev–Trinajstić information content (AvgIpc) is 2.69. The molecule has 3 rings (SSSR count). The first-order valence-corrected chi connectivity index (χ1v) is 9.76. The zero-order chi connectivity index (χ0) is 19.3. The summed E-state index contributed by atoms with van der Waals surface area (Å²) in [6, 6.07) is 15.2. The number of carboxylic acids is 1. The van der Waals surface area contributed by atoms with Crippen LogP contribution in [0.2, 0.25) is 0 Å². The van der Waals surface area contributed by atoms with Gasteiger partial charge in [0.05, 0.1) is 0 Å². The lowest BCUT2D eigenvalue weighted by molar-refractivity contribution is -0.144. The quantitative estimate of drug-likeness (QED) is 0.736. The van der Waals surface area contributed by atoms with Crippen LogP contribution in [0.1, 0.15) is 33.6 Å². The number of nitrogens with one attached hydrogen (secondary N) is 2. The van der Waals surface area contributed by atoms with Crippen molar-refractivity contribution in [1.29, 1.82) is 0 Å². The molecule has 1 fully saturated rings. The molecule has 2 amide bonds. The zero-order valence-electron chi connectivity index (χ0n) is 14.6. The van der Waals surface area contributed by atoms with Crippen molar-refractivity contribution < 1.29 is 19.5 Å². The molecule has 0 aliphatic carbocycles. The molecule has 3 N–H and O–H groups in total. The fourth-order valence-electron chi connectivity index (χ4n) is 2.90. The summed E-state index contributed by atoms with van der Waals surface area (Å²) in [7, 11) is 0. The summed E-state index contributed by atoms with van der Waals surface area (Å²) >= 11 is 1.69. The largest absolute Gasteiger partial charge is 0.480 e. The molecule has 7 heteroatoms. The second-order valence-electron chi connectivity index (χ2n) is 6.35. The molecule has 0 atom stereocenters. The molecule has 1 heterocycles. The van der Waals surface area contributed by atoms with Gasteiger partial charge in [0, 0.05) is 16.8 Å². The second kappa shape index (κ2) is 8.26. The van der Waals surface area contributed by atoms with Crippen LogP contribution in [0.15, 0.2) is 54.6 Å². The standard InChI is InChI=1S/C20H20N2O4S/c23-17(14-4-2-1-3-5-14)21-16-8-6-15(7-9-16)18(24)22-20(19(25)26)10-12-27-13-11-20/h1-9H,10-13H2,(H,21,23)(H,22,24)(H,25,26). The van der Waals surface area contributed by atoms with E-state index in [-0.39, 0.29) is 5.91 Å². The van der Waals surface area contributed by atoms with Crippen molar-refractivity contribution in [2.75, 3.05) is 16.8 Å². The van der Waals surface area contributed by atoms with Gasteiger partial charge in [-0.25, -0.2) is 4.79 Å². The summed E-state index contributed by atoms with van der Waals surface area (Å²) in [5.74, 6) is -0.251. The van der Waals surface area contributed by atoms with Crippen molar-refractivity contribution >= 4 is 35.2 Å². The third-order valence-electron chi connectivity index (χ3n) is 4.55. The molecule has 140 valence electrons. The number of carboxylic acid groups (broad SMARTS) is 1. The molecule has 0 bridgehead atoms. The Labute approximate surface area is 161 Å². The first-order valence-electron chi connectivity index (χ1n) is 8.60. The summed E-state index contributed by atoms with van der Waals surface area (Å²) in [5.41, 5.74) is 0.245. The molecule has 6 nitrogen and oxygen atoms in total. The summed E-state index contributed by atoms with van der Waals surface area (Å²) in [6.07, 6.45) is 0.813. The molecule has 27 heavy (non-hydrogen) atoms. The van der Waals surface area contributed by atoms with Gasteiger partial charge in [-0.15, -0.1) is 0 Å². The van der Waals surface area contributed by atoms with Crippen LogP contribution in [0.5, 0.6) is 0 Å². The van der Waals surface area contributed by atoms with Crippen LogP contribution in [0.3, 0.4) is 0 Å². The number of rotatable bonds is 5. The topological polar surface area (TPSA) is 95.5 Å². The zero-order valence-corrected chi connectivity index (χ0v) is 15.4. The van der Waals surface area contributed by atoms with Crippen LogP contribution < -0.4 is 10.6 Å². The number of carbonyl (C=O) groups excluding carboxylic acids is 2. The van der Waals surface area contributed by atoms with Crippen LogP contribution in [-0.4, -0.2) is 39.9 Å². The predicted molar refractivity (Wildman–Crippen MR) is 105 cm³/mol. The first kappa shape index (κ1) is 19.0. The summed E-state index contributed by atoms with van der Waals surface area (Å²) in [5, 5.41) is 15.0. The van der Waals surface area contributed by atoms with Gasteiger partial charge in [-0.1, -0.05) is 18.2 Å².